The van der Waals surface area contributed by atoms with Crippen LogP contribution in [0.25, 0.3) is 10.9 Å². The fraction of sp³-hybridized carbons (Fsp3) is 0.458. The topological polar surface area (TPSA) is 21.1 Å². The molecule has 2 aliphatic rings. The van der Waals surface area contributed by atoms with Gasteiger partial charge >= 0.3 is 6.18 Å². The molecular formula is C24H27ClF3N3. The van der Waals surface area contributed by atoms with E-state index >= 15 is 0 Å². The quantitative estimate of drug-likeness (QED) is 0.455. The lowest BCUT2D eigenvalue weighted by molar-refractivity contribution is -0.141. The first-order valence-electron chi connectivity index (χ1n) is 11.0. The molecule has 1 saturated heterocycles. The van der Waals surface area contributed by atoms with E-state index in [-0.39, 0.29) is 0 Å². The minimum atomic E-state index is -4.40. The first-order chi connectivity index (χ1) is 14.9. The van der Waals surface area contributed by atoms with Crippen LogP contribution in [0.3, 0.4) is 0 Å². The fourth-order valence-corrected chi connectivity index (χ4v) is 5.03. The summed E-state index contributed by atoms with van der Waals surface area (Å²) in [5.41, 5.74) is 3.81. The van der Waals surface area contributed by atoms with Gasteiger partial charge in [-0.2, -0.15) is 13.2 Å². The third-order valence-corrected chi connectivity index (χ3v) is 6.51. The molecule has 31 heavy (non-hydrogen) atoms. The molecule has 3 nitrogen and oxygen atoms in total. The monoisotopic (exact) mass is 449 g/mol. The number of alkyl halides is 3. The van der Waals surface area contributed by atoms with Crippen molar-refractivity contribution >= 4 is 22.5 Å². The van der Waals surface area contributed by atoms with Crippen molar-refractivity contribution in [3.05, 3.63) is 64.1 Å². The molecule has 0 radical (unpaired) electrons. The maximum Gasteiger partial charge on any atom is 0.433 e. The van der Waals surface area contributed by atoms with Gasteiger partial charge < -0.3 is 4.57 Å². The molecule has 2 aliphatic heterocycles. The summed E-state index contributed by atoms with van der Waals surface area (Å²) in [7, 11) is 0. The van der Waals surface area contributed by atoms with E-state index in [1.165, 1.54) is 41.7 Å². The number of aryl methyl sites for hydroxylation is 2. The molecule has 1 unspecified atom stereocenters. The predicted octanol–water partition coefficient (Wildman–Crippen LogP) is 6.50. The first-order valence-corrected chi connectivity index (χ1v) is 11.3. The first kappa shape index (κ1) is 22.2. The van der Waals surface area contributed by atoms with Crippen LogP contribution in [0.5, 0.6) is 0 Å². The normalized spacial score (nSPS) is 18.5. The molecule has 3 aromatic rings. The molecule has 5 rings (SSSR count). The second-order valence-corrected chi connectivity index (χ2v) is 8.44. The molecule has 2 aromatic heterocycles. The van der Waals surface area contributed by atoms with E-state index in [2.05, 4.69) is 26.6 Å². The summed E-state index contributed by atoms with van der Waals surface area (Å²) in [4.78, 5) is 6.15. The highest BCUT2D eigenvalue weighted by Gasteiger charge is 2.34. The Hall–Kier alpha value is -2.05. The van der Waals surface area contributed by atoms with E-state index in [1.54, 1.807) is 0 Å². The van der Waals surface area contributed by atoms with Crippen LogP contribution < -0.4 is 0 Å². The van der Waals surface area contributed by atoms with Gasteiger partial charge in [-0.3, -0.25) is 9.88 Å². The summed E-state index contributed by atoms with van der Waals surface area (Å²) >= 11 is 6.29. The van der Waals surface area contributed by atoms with Crippen LogP contribution >= 0.6 is 11.6 Å². The van der Waals surface area contributed by atoms with Gasteiger partial charge in [-0.1, -0.05) is 31.5 Å². The highest BCUT2D eigenvalue weighted by Crippen LogP contribution is 2.37. The number of halogens is 4. The number of aromatic nitrogens is 2. The molecule has 166 valence electrons. The van der Waals surface area contributed by atoms with Crippen LogP contribution in [-0.4, -0.2) is 27.0 Å². The maximum absolute atomic E-state index is 12.7. The maximum atomic E-state index is 12.7. The molecule has 0 saturated carbocycles. The molecule has 0 aliphatic carbocycles. The van der Waals surface area contributed by atoms with Crippen molar-refractivity contribution in [2.24, 2.45) is 0 Å². The summed E-state index contributed by atoms with van der Waals surface area (Å²) in [5, 5.41) is 1.95. The second-order valence-electron chi connectivity index (χ2n) is 8.01. The Morgan fingerprint density at radius 3 is 2.68 bits per heavy atom. The van der Waals surface area contributed by atoms with Gasteiger partial charge in [0.2, 0.25) is 0 Å². The van der Waals surface area contributed by atoms with Crippen molar-refractivity contribution in [1.82, 2.24) is 14.5 Å². The molecule has 0 bridgehead atoms. The average molecular weight is 450 g/mol. The van der Waals surface area contributed by atoms with Gasteiger partial charge in [-0.25, -0.2) is 0 Å². The van der Waals surface area contributed by atoms with Crippen molar-refractivity contribution in [1.29, 1.82) is 0 Å². The highest BCUT2D eigenvalue weighted by molar-refractivity contribution is 6.31. The molecule has 0 N–H and O–H groups in total. The average Bonchev–Trinajstić information content (AvgIpc) is 3.33. The van der Waals surface area contributed by atoms with E-state index < -0.39 is 11.9 Å². The van der Waals surface area contributed by atoms with Gasteiger partial charge in [0.15, 0.2) is 0 Å². The van der Waals surface area contributed by atoms with Gasteiger partial charge in [0, 0.05) is 46.9 Å². The lowest BCUT2D eigenvalue weighted by Gasteiger charge is -2.31. The summed E-state index contributed by atoms with van der Waals surface area (Å²) in [6.45, 7) is 6.77. The number of hydrogen-bond acceptors (Lipinski definition) is 2. The van der Waals surface area contributed by atoms with Crippen molar-refractivity contribution in [3.8, 4) is 0 Å². The summed E-state index contributed by atoms with van der Waals surface area (Å²) in [5.74, 6) is 0. The molecule has 1 atom stereocenters. The number of nitrogens with zero attached hydrogens (tertiary/aromatic N) is 3. The third kappa shape index (κ3) is 4.33. The number of fused-ring (bicyclic) bond motifs is 4. The molecule has 4 heterocycles. The van der Waals surface area contributed by atoms with Gasteiger partial charge in [0.1, 0.15) is 5.69 Å². The zero-order chi connectivity index (χ0) is 22.2. The lowest BCUT2D eigenvalue weighted by Crippen LogP contribution is -2.36. The summed E-state index contributed by atoms with van der Waals surface area (Å²) in [6.07, 6.45) is 1.09. The van der Waals surface area contributed by atoms with Gasteiger partial charge in [0.25, 0.3) is 0 Å². The van der Waals surface area contributed by atoms with Crippen molar-refractivity contribution in [2.45, 2.75) is 64.8 Å². The Kier molecular flexibility index (Phi) is 6.31. The van der Waals surface area contributed by atoms with Crippen LogP contribution in [0.1, 0.15) is 49.2 Å². The predicted molar refractivity (Wildman–Crippen MR) is 118 cm³/mol. The van der Waals surface area contributed by atoms with E-state index in [0.717, 1.165) is 41.7 Å². The van der Waals surface area contributed by atoms with Crippen molar-refractivity contribution < 1.29 is 13.2 Å². The Bertz CT molecular complexity index is 1060. The van der Waals surface area contributed by atoms with E-state index in [0.29, 0.717) is 19.0 Å². The van der Waals surface area contributed by atoms with Crippen LogP contribution in [0, 0.1) is 0 Å². The second kappa shape index (κ2) is 8.83. The Labute approximate surface area is 185 Å². The van der Waals surface area contributed by atoms with Gasteiger partial charge in [-0.15, -0.1) is 0 Å². The summed E-state index contributed by atoms with van der Waals surface area (Å²) in [6, 6.07) is 9.23. The fourth-order valence-electron chi connectivity index (χ4n) is 4.86. The molecular weight excluding hydrogens is 423 g/mol. The van der Waals surface area contributed by atoms with Gasteiger partial charge in [0.05, 0.1) is 0 Å². The van der Waals surface area contributed by atoms with Crippen molar-refractivity contribution in [2.75, 3.05) is 6.54 Å². The minimum Gasteiger partial charge on any atom is -0.343 e. The van der Waals surface area contributed by atoms with Gasteiger partial charge in [-0.05, 0) is 67.6 Å². The van der Waals surface area contributed by atoms with Crippen LogP contribution in [0.4, 0.5) is 13.2 Å². The Balaban J connectivity index is 0.00000112. The zero-order valence-corrected chi connectivity index (χ0v) is 18.6. The lowest BCUT2D eigenvalue weighted by atomic mass is 9.97. The number of pyridine rings is 1. The molecule has 7 heteroatoms. The largest absolute Gasteiger partial charge is 0.433 e. The van der Waals surface area contributed by atoms with E-state index in [1.807, 2.05) is 19.9 Å². The number of rotatable bonds is 3. The highest BCUT2D eigenvalue weighted by atomic mass is 35.5. The van der Waals surface area contributed by atoms with E-state index in [4.69, 9.17) is 11.6 Å². The molecule has 1 aromatic carbocycles. The van der Waals surface area contributed by atoms with Crippen LogP contribution in [0.15, 0.2) is 36.5 Å². The standard InChI is InChI=1S/C22H21ClF3N3.C2H6/c23-15-4-5-19-17(10-15)18-11-16-2-1-8-28(16)13-20(18)29(19)9-7-14-3-6-21(27-12-14)22(24,25)26;1-2/h3-6,10,12,16H,1-2,7-9,11,13H2;1-2H3. The minimum absolute atomic E-state index is 0.611. The Morgan fingerprint density at radius 2 is 1.97 bits per heavy atom. The smallest absolute Gasteiger partial charge is 0.343 e. The third-order valence-electron chi connectivity index (χ3n) is 6.28. The van der Waals surface area contributed by atoms with Crippen LogP contribution in [-0.2, 0) is 32.1 Å². The number of benzene rings is 1. The SMILES string of the molecule is CC.FC(F)(F)c1ccc(CCn2c3c(c4cc(Cl)ccc42)CC2CCCN2C3)cn1. The Morgan fingerprint density at radius 1 is 1.16 bits per heavy atom. The molecule has 0 amide bonds. The van der Waals surface area contributed by atoms with E-state index in [9.17, 15) is 13.2 Å². The van der Waals surface area contributed by atoms with Crippen molar-refractivity contribution in [3.63, 3.8) is 0 Å². The number of hydrogen-bond donors (Lipinski definition) is 0. The molecule has 0 spiro atoms. The summed E-state index contributed by atoms with van der Waals surface area (Å²) < 4.78 is 40.6. The van der Waals surface area contributed by atoms with Crippen LogP contribution in [0.2, 0.25) is 5.02 Å². The molecule has 1 fully saturated rings. The zero-order valence-electron chi connectivity index (χ0n) is 17.8.